The van der Waals surface area contributed by atoms with Crippen molar-refractivity contribution in [1.29, 1.82) is 0 Å². The van der Waals surface area contributed by atoms with Gasteiger partial charge >= 0.3 is 0 Å². The van der Waals surface area contributed by atoms with Gasteiger partial charge in [-0.25, -0.2) is 0 Å². The molecule has 0 heterocycles. The van der Waals surface area contributed by atoms with Crippen molar-refractivity contribution in [3.05, 3.63) is 35.9 Å². The van der Waals surface area contributed by atoms with E-state index in [1.165, 1.54) is 0 Å². The molecule has 136 valence electrons. The van der Waals surface area contributed by atoms with Crippen molar-refractivity contribution < 1.29 is 9.59 Å². The summed E-state index contributed by atoms with van der Waals surface area (Å²) < 4.78 is 0. The average Bonchev–Trinajstić information content (AvgIpc) is 2.51. The molecule has 0 aromatic heterocycles. The minimum Gasteiger partial charge on any atom is -0.354 e. The molecule has 4 N–H and O–H groups in total. The lowest BCUT2D eigenvalue weighted by Gasteiger charge is -2.18. The van der Waals surface area contributed by atoms with Gasteiger partial charge in [-0.1, -0.05) is 30.3 Å². The number of rotatable bonds is 10. The molecule has 7 heteroatoms. The monoisotopic (exact) mass is 373 g/mol. The minimum atomic E-state index is -0.494. The van der Waals surface area contributed by atoms with Gasteiger partial charge in [-0.2, -0.15) is 11.8 Å². The molecule has 1 aromatic rings. The first-order valence-corrected chi connectivity index (χ1v) is 9.27. The smallest absolute Gasteiger partial charge is 0.242 e. The fourth-order valence-corrected chi connectivity index (χ4v) is 2.55. The number of hydrogen-bond acceptors (Lipinski definition) is 4. The molecular formula is C17H28ClN3O2S. The van der Waals surface area contributed by atoms with Crippen LogP contribution in [-0.4, -0.2) is 42.5 Å². The van der Waals surface area contributed by atoms with Gasteiger partial charge < -0.3 is 16.4 Å². The van der Waals surface area contributed by atoms with Gasteiger partial charge in [-0.15, -0.1) is 12.4 Å². The first-order chi connectivity index (χ1) is 11.0. The third kappa shape index (κ3) is 9.80. The number of nitrogens with two attached hydrogens (primary N) is 1. The highest BCUT2D eigenvalue weighted by atomic mass is 35.5. The van der Waals surface area contributed by atoms with Gasteiger partial charge in [0.2, 0.25) is 11.8 Å². The molecule has 2 unspecified atom stereocenters. The topological polar surface area (TPSA) is 84.2 Å². The summed E-state index contributed by atoms with van der Waals surface area (Å²) in [5, 5.41) is 5.69. The van der Waals surface area contributed by atoms with E-state index in [-0.39, 0.29) is 36.7 Å². The van der Waals surface area contributed by atoms with Crippen molar-refractivity contribution in [3.63, 3.8) is 0 Å². The summed E-state index contributed by atoms with van der Waals surface area (Å²) in [5.41, 5.74) is 6.61. The third-order valence-corrected chi connectivity index (χ3v) is 4.01. The van der Waals surface area contributed by atoms with Crippen molar-refractivity contribution >= 4 is 36.0 Å². The highest BCUT2D eigenvalue weighted by molar-refractivity contribution is 7.98. The van der Waals surface area contributed by atoms with E-state index in [9.17, 15) is 9.59 Å². The van der Waals surface area contributed by atoms with E-state index in [4.69, 9.17) is 5.73 Å². The highest BCUT2D eigenvalue weighted by Crippen LogP contribution is 2.04. The van der Waals surface area contributed by atoms with Gasteiger partial charge in [0, 0.05) is 12.6 Å². The number of benzene rings is 1. The Hall–Kier alpha value is -1.24. The van der Waals surface area contributed by atoms with E-state index in [0.717, 1.165) is 17.7 Å². The first kappa shape index (κ1) is 22.8. The fourth-order valence-electron chi connectivity index (χ4n) is 2.08. The second kappa shape index (κ2) is 13.1. The Balaban J connectivity index is 0.00000529. The molecule has 2 atom stereocenters. The van der Waals surface area contributed by atoms with Gasteiger partial charge in [0.1, 0.15) is 6.04 Å². The van der Waals surface area contributed by atoms with E-state index in [0.29, 0.717) is 13.0 Å². The number of halogens is 1. The van der Waals surface area contributed by atoms with E-state index in [2.05, 4.69) is 10.6 Å². The second-order valence-corrected chi connectivity index (χ2v) is 6.61. The maximum absolute atomic E-state index is 12.2. The molecule has 0 spiro atoms. The molecule has 0 fully saturated rings. The summed E-state index contributed by atoms with van der Waals surface area (Å²) in [6.07, 6.45) is 3.60. The lowest BCUT2D eigenvalue weighted by Crippen LogP contribution is -2.48. The van der Waals surface area contributed by atoms with Gasteiger partial charge in [0.05, 0.1) is 6.42 Å². The summed E-state index contributed by atoms with van der Waals surface area (Å²) in [5.74, 6) is 0.544. The molecule has 0 aliphatic carbocycles. The van der Waals surface area contributed by atoms with E-state index in [1.54, 1.807) is 11.8 Å². The lowest BCUT2D eigenvalue weighted by molar-refractivity contribution is -0.128. The molecular weight excluding hydrogens is 346 g/mol. The number of carbonyl (C=O) groups is 2. The van der Waals surface area contributed by atoms with E-state index >= 15 is 0 Å². The molecule has 0 saturated carbocycles. The lowest BCUT2D eigenvalue weighted by atomic mass is 10.1. The summed E-state index contributed by atoms with van der Waals surface area (Å²) >= 11 is 1.66. The van der Waals surface area contributed by atoms with Crippen molar-refractivity contribution in [2.45, 2.75) is 38.3 Å². The van der Waals surface area contributed by atoms with Crippen LogP contribution in [-0.2, 0) is 16.0 Å². The molecule has 0 radical (unpaired) electrons. The molecule has 24 heavy (non-hydrogen) atoms. The van der Waals surface area contributed by atoms with Crippen LogP contribution in [0.5, 0.6) is 0 Å². The van der Waals surface area contributed by atoms with Crippen molar-refractivity contribution in [2.24, 2.45) is 5.73 Å². The Bertz CT molecular complexity index is 486. The van der Waals surface area contributed by atoms with Crippen LogP contribution in [0, 0.1) is 0 Å². The van der Waals surface area contributed by atoms with Crippen molar-refractivity contribution in [3.8, 4) is 0 Å². The Kier molecular flexibility index (Phi) is 12.4. The standard InChI is InChI=1S/C17H27N3O2S.ClH/c1-13(18)8-10-19-17(22)15(9-11-23-2)20-16(21)12-14-6-4-3-5-7-14;/h3-7,13,15H,8-12,18H2,1-2H3,(H,19,22)(H,20,21);1H. The van der Waals surface area contributed by atoms with Gasteiger partial charge in [0.15, 0.2) is 0 Å². The van der Waals surface area contributed by atoms with Crippen LogP contribution in [0.25, 0.3) is 0 Å². The first-order valence-electron chi connectivity index (χ1n) is 7.88. The molecule has 5 nitrogen and oxygen atoms in total. The molecule has 1 aromatic carbocycles. The van der Waals surface area contributed by atoms with Gasteiger partial charge in [0.25, 0.3) is 0 Å². The number of thioether (sulfide) groups is 1. The Morgan fingerprint density at radius 2 is 1.88 bits per heavy atom. The van der Waals surface area contributed by atoms with Crippen LogP contribution in [0.15, 0.2) is 30.3 Å². The molecule has 0 aliphatic heterocycles. The number of nitrogens with one attached hydrogen (secondary N) is 2. The minimum absolute atomic E-state index is 0. The van der Waals surface area contributed by atoms with E-state index in [1.807, 2.05) is 43.5 Å². The maximum Gasteiger partial charge on any atom is 0.242 e. The average molecular weight is 374 g/mol. The zero-order valence-electron chi connectivity index (χ0n) is 14.3. The van der Waals surface area contributed by atoms with Crippen LogP contribution in [0.3, 0.4) is 0 Å². The Morgan fingerprint density at radius 1 is 1.21 bits per heavy atom. The number of carbonyl (C=O) groups excluding carboxylic acids is 2. The molecule has 1 rings (SSSR count). The predicted octanol–water partition coefficient (Wildman–Crippen LogP) is 1.74. The summed E-state index contributed by atoms with van der Waals surface area (Å²) in [4.78, 5) is 24.4. The highest BCUT2D eigenvalue weighted by Gasteiger charge is 2.20. The van der Waals surface area contributed by atoms with Crippen LogP contribution in [0.1, 0.15) is 25.3 Å². The zero-order valence-corrected chi connectivity index (χ0v) is 15.9. The summed E-state index contributed by atoms with van der Waals surface area (Å²) in [6.45, 7) is 2.43. The molecule has 0 aliphatic rings. The predicted molar refractivity (Wildman–Crippen MR) is 104 cm³/mol. The van der Waals surface area contributed by atoms with Gasteiger partial charge in [-0.05, 0) is 37.3 Å². The Labute approximate surface area is 154 Å². The number of hydrogen-bond donors (Lipinski definition) is 3. The molecule has 0 bridgehead atoms. The summed E-state index contributed by atoms with van der Waals surface area (Å²) in [7, 11) is 0. The Morgan fingerprint density at radius 3 is 2.46 bits per heavy atom. The van der Waals surface area contributed by atoms with Crippen LogP contribution in [0.2, 0.25) is 0 Å². The normalized spacial score (nSPS) is 12.6. The van der Waals surface area contributed by atoms with Crippen molar-refractivity contribution in [2.75, 3.05) is 18.6 Å². The summed E-state index contributed by atoms with van der Waals surface area (Å²) in [6, 6.07) is 9.06. The quantitative estimate of drug-likeness (QED) is 0.583. The largest absolute Gasteiger partial charge is 0.354 e. The molecule has 2 amide bonds. The SMILES string of the molecule is CSCCC(NC(=O)Cc1ccccc1)C(=O)NCCC(C)N.Cl. The maximum atomic E-state index is 12.2. The molecule has 0 saturated heterocycles. The van der Waals surface area contributed by atoms with Gasteiger partial charge in [-0.3, -0.25) is 9.59 Å². The second-order valence-electron chi connectivity index (χ2n) is 5.62. The fraction of sp³-hybridized carbons (Fsp3) is 0.529. The van der Waals surface area contributed by atoms with Crippen LogP contribution in [0.4, 0.5) is 0 Å². The third-order valence-electron chi connectivity index (χ3n) is 3.37. The van der Waals surface area contributed by atoms with Crippen molar-refractivity contribution in [1.82, 2.24) is 10.6 Å². The van der Waals surface area contributed by atoms with Crippen LogP contribution >= 0.6 is 24.2 Å². The zero-order chi connectivity index (χ0) is 17.1. The number of amides is 2. The van der Waals surface area contributed by atoms with E-state index < -0.39 is 6.04 Å². The van der Waals surface area contributed by atoms with Crippen LogP contribution < -0.4 is 16.4 Å².